The van der Waals surface area contributed by atoms with Gasteiger partial charge in [0.25, 0.3) is 0 Å². The fourth-order valence-electron chi connectivity index (χ4n) is 2.36. The zero-order valence-electron chi connectivity index (χ0n) is 14.3. The first-order valence-electron chi connectivity index (χ1n) is 8.59. The highest BCUT2D eigenvalue weighted by molar-refractivity contribution is 5.60. The SMILES string of the molecule is CCCCOCCCc1ccc(-c2ccc(OCC)cc2)nc1. The molecule has 1 aromatic carbocycles. The van der Waals surface area contributed by atoms with Gasteiger partial charge in [0.2, 0.25) is 0 Å². The molecule has 0 aliphatic carbocycles. The highest BCUT2D eigenvalue weighted by atomic mass is 16.5. The number of hydrogen-bond donors (Lipinski definition) is 0. The number of aryl methyl sites for hydroxylation is 1. The number of nitrogens with zero attached hydrogens (tertiary/aromatic N) is 1. The van der Waals surface area contributed by atoms with Crippen LogP contribution in [0, 0.1) is 0 Å². The summed E-state index contributed by atoms with van der Waals surface area (Å²) in [5.41, 5.74) is 3.37. The van der Waals surface area contributed by atoms with Crippen LogP contribution < -0.4 is 4.74 Å². The van der Waals surface area contributed by atoms with Gasteiger partial charge in [-0.05, 0) is 62.1 Å². The molecule has 1 aromatic heterocycles. The van der Waals surface area contributed by atoms with Crippen LogP contribution >= 0.6 is 0 Å². The standard InChI is InChI=1S/C20H27NO2/c1-3-5-14-22-15-6-7-17-8-13-20(21-16-17)18-9-11-19(12-10-18)23-4-2/h8-13,16H,3-7,14-15H2,1-2H3. The molecule has 124 valence electrons. The van der Waals surface area contributed by atoms with Gasteiger partial charge in [-0.25, -0.2) is 0 Å². The second-order valence-electron chi connectivity index (χ2n) is 5.58. The van der Waals surface area contributed by atoms with Crippen molar-refractivity contribution in [2.45, 2.75) is 39.5 Å². The molecule has 0 radical (unpaired) electrons. The first kappa shape index (κ1) is 17.5. The predicted octanol–water partition coefficient (Wildman–Crippen LogP) is 4.90. The Morgan fingerprint density at radius 3 is 2.35 bits per heavy atom. The van der Waals surface area contributed by atoms with E-state index >= 15 is 0 Å². The highest BCUT2D eigenvalue weighted by Gasteiger charge is 2.01. The Labute approximate surface area is 139 Å². The minimum Gasteiger partial charge on any atom is -0.494 e. The maximum absolute atomic E-state index is 5.59. The Balaban J connectivity index is 1.81. The molecule has 0 aliphatic heterocycles. The van der Waals surface area contributed by atoms with Gasteiger partial charge in [-0.3, -0.25) is 4.98 Å². The van der Waals surface area contributed by atoms with Crippen LogP contribution in [-0.4, -0.2) is 24.8 Å². The molecular formula is C20H27NO2. The van der Waals surface area contributed by atoms with Gasteiger partial charge < -0.3 is 9.47 Å². The monoisotopic (exact) mass is 313 g/mol. The minimum atomic E-state index is 0.689. The Kier molecular flexibility index (Phi) is 7.61. The molecule has 0 spiro atoms. The summed E-state index contributed by atoms with van der Waals surface area (Å²) in [5, 5.41) is 0. The van der Waals surface area contributed by atoms with Crippen molar-refractivity contribution < 1.29 is 9.47 Å². The second-order valence-corrected chi connectivity index (χ2v) is 5.58. The van der Waals surface area contributed by atoms with Crippen molar-refractivity contribution in [2.75, 3.05) is 19.8 Å². The van der Waals surface area contributed by atoms with Gasteiger partial charge in [-0.2, -0.15) is 0 Å². The summed E-state index contributed by atoms with van der Waals surface area (Å²) >= 11 is 0. The summed E-state index contributed by atoms with van der Waals surface area (Å²) in [6.07, 6.45) is 6.38. The third kappa shape index (κ3) is 6.03. The molecule has 2 aromatic rings. The van der Waals surface area contributed by atoms with Crippen molar-refractivity contribution in [3.05, 3.63) is 48.2 Å². The Bertz CT molecular complexity index is 549. The maximum atomic E-state index is 5.59. The molecule has 0 amide bonds. The fourth-order valence-corrected chi connectivity index (χ4v) is 2.36. The zero-order valence-corrected chi connectivity index (χ0v) is 14.3. The topological polar surface area (TPSA) is 31.4 Å². The molecule has 2 rings (SSSR count). The number of ether oxygens (including phenoxy) is 2. The van der Waals surface area contributed by atoms with Crippen LogP contribution in [0.5, 0.6) is 5.75 Å². The molecule has 0 unspecified atom stereocenters. The number of hydrogen-bond acceptors (Lipinski definition) is 3. The molecule has 23 heavy (non-hydrogen) atoms. The van der Waals surface area contributed by atoms with Crippen molar-refractivity contribution in [1.82, 2.24) is 4.98 Å². The van der Waals surface area contributed by atoms with E-state index in [0.717, 1.165) is 49.5 Å². The molecule has 0 fully saturated rings. The maximum Gasteiger partial charge on any atom is 0.119 e. The second kappa shape index (κ2) is 10.0. The quantitative estimate of drug-likeness (QED) is 0.585. The average Bonchev–Trinajstić information content (AvgIpc) is 2.60. The number of aromatic nitrogens is 1. The predicted molar refractivity (Wildman–Crippen MR) is 94.9 cm³/mol. The van der Waals surface area contributed by atoms with E-state index < -0.39 is 0 Å². The first-order chi connectivity index (χ1) is 11.3. The zero-order chi connectivity index (χ0) is 16.3. The molecule has 0 saturated heterocycles. The van der Waals surface area contributed by atoms with Crippen molar-refractivity contribution in [2.24, 2.45) is 0 Å². The van der Waals surface area contributed by atoms with E-state index in [4.69, 9.17) is 9.47 Å². The smallest absolute Gasteiger partial charge is 0.119 e. The molecule has 0 bridgehead atoms. The third-order valence-corrected chi connectivity index (χ3v) is 3.68. The summed E-state index contributed by atoms with van der Waals surface area (Å²) in [7, 11) is 0. The van der Waals surface area contributed by atoms with E-state index in [1.807, 2.05) is 25.3 Å². The molecule has 3 heteroatoms. The normalized spacial score (nSPS) is 10.7. The van der Waals surface area contributed by atoms with Crippen LogP contribution in [0.1, 0.15) is 38.7 Å². The molecular weight excluding hydrogens is 286 g/mol. The van der Waals surface area contributed by atoms with E-state index in [-0.39, 0.29) is 0 Å². The van der Waals surface area contributed by atoms with Crippen LogP contribution in [0.3, 0.4) is 0 Å². The molecule has 0 aliphatic rings. The van der Waals surface area contributed by atoms with Gasteiger partial charge in [0, 0.05) is 25.0 Å². The van der Waals surface area contributed by atoms with E-state index in [2.05, 4.69) is 36.2 Å². The lowest BCUT2D eigenvalue weighted by Crippen LogP contribution is -1.98. The largest absolute Gasteiger partial charge is 0.494 e. The van der Waals surface area contributed by atoms with Crippen molar-refractivity contribution in [3.63, 3.8) is 0 Å². The van der Waals surface area contributed by atoms with Gasteiger partial charge in [0.05, 0.1) is 12.3 Å². The summed E-state index contributed by atoms with van der Waals surface area (Å²) in [6, 6.07) is 12.3. The lowest BCUT2D eigenvalue weighted by atomic mass is 10.1. The summed E-state index contributed by atoms with van der Waals surface area (Å²) in [6.45, 7) is 6.57. The Hall–Kier alpha value is -1.87. The third-order valence-electron chi connectivity index (χ3n) is 3.68. The van der Waals surface area contributed by atoms with Gasteiger partial charge in [-0.1, -0.05) is 19.4 Å². The van der Waals surface area contributed by atoms with Crippen molar-refractivity contribution in [1.29, 1.82) is 0 Å². The lowest BCUT2D eigenvalue weighted by molar-refractivity contribution is 0.129. The molecule has 1 heterocycles. The number of benzene rings is 1. The Morgan fingerprint density at radius 1 is 0.913 bits per heavy atom. The molecule has 0 saturated carbocycles. The van der Waals surface area contributed by atoms with Gasteiger partial charge in [0.15, 0.2) is 0 Å². The average molecular weight is 313 g/mol. The summed E-state index contributed by atoms with van der Waals surface area (Å²) in [4.78, 5) is 4.57. The number of rotatable bonds is 10. The van der Waals surface area contributed by atoms with Crippen molar-refractivity contribution in [3.8, 4) is 17.0 Å². The van der Waals surface area contributed by atoms with Gasteiger partial charge in [0.1, 0.15) is 5.75 Å². The van der Waals surface area contributed by atoms with E-state index in [0.29, 0.717) is 6.61 Å². The van der Waals surface area contributed by atoms with Gasteiger partial charge >= 0.3 is 0 Å². The molecule has 3 nitrogen and oxygen atoms in total. The highest BCUT2D eigenvalue weighted by Crippen LogP contribution is 2.21. The Morgan fingerprint density at radius 2 is 1.70 bits per heavy atom. The number of pyridine rings is 1. The van der Waals surface area contributed by atoms with Crippen LogP contribution in [0.4, 0.5) is 0 Å². The number of unbranched alkanes of at least 4 members (excludes halogenated alkanes) is 1. The van der Waals surface area contributed by atoms with E-state index in [1.54, 1.807) is 0 Å². The first-order valence-corrected chi connectivity index (χ1v) is 8.59. The summed E-state index contributed by atoms with van der Waals surface area (Å²) < 4.78 is 11.1. The van der Waals surface area contributed by atoms with Crippen LogP contribution in [0.15, 0.2) is 42.6 Å². The molecule has 0 N–H and O–H groups in total. The van der Waals surface area contributed by atoms with Gasteiger partial charge in [-0.15, -0.1) is 0 Å². The minimum absolute atomic E-state index is 0.689. The lowest BCUT2D eigenvalue weighted by Gasteiger charge is -2.06. The van der Waals surface area contributed by atoms with E-state index in [9.17, 15) is 0 Å². The van der Waals surface area contributed by atoms with Crippen LogP contribution in [0.2, 0.25) is 0 Å². The van der Waals surface area contributed by atoms with Crippen LogP contribution in [0.25, 0.3) is 11.3 Å². The molecule has 0 atom stereocenters. The van der Waals surface area contributed by atoms with E-state index in [1.165, 1.54) is 12.0 Å². The fraction of sp³-hybridized carbons (Fsp3) is 0.450. The summed E-state index contributed by atoms with van der Waals surface area (Å²) in [5.74, 6) is 0.899. The van der Waals surface area contributed by atoms with Crippen LogP contribution in [-0.2, 0) is 11.2 Å². The van der Waals surface area contributed by atoms with Crippen molar-refractivity contribution >= 4 is 0 Å².